The molecule has 0 saturated carbocycles. The number of hydrogen-bond acceptors (Lipinski definition) is 4. The molecule has 1 N–H and O–H groups in total. The summed E-state index contributed by atoms with van der Waals surface area (Å²) in [5.74, 6) is 0. The van der Waals surface area contributed by atoms with Crippen molar-refractivity contribution >= 4 is 11.8 Å². The van der Waals surface area contributed by atoms with Crippen LogP contribution in [0.4, 0.5) is 10.5 Å². The topological polar surface area (TPSA) is 81.5 Å². The SMILES string of the molecule is O=C(Nc1ccccc1)OC[N+](=O)[O-]. The van der Waals surface area contributed by atoms with Crippen molar-refractivity contribution in [2.75, 3.05) is 12.0 Å². The monoisotopic (exact) mass is 196 g/mol. The molecule has 1 amide bonds. The van der Waals surface area contributed by atoms with E-state index in [2.05, 4.69) is 10.1 Å². The molecule has 74 valence electrons. The zero-order valence-electron chi connectivity index (χ0n) is 7.17. The third-order valence-corrected chi connectivity index (χ3v) is 1.32. The van der Waals surface area contributed by atoms with Crippen LogP contribution in [0.3, 0.4) is 0 Å². The van der Waals surface area contributed by atoms with E-state index in [9.17, 15) is 14.9 Å². The highest BCUT2D eigenvalue weighted by Crippen LogP contribution is 2.04. The number of nitrogens with one attached hydrogen (secondary N) is 1. The molecule has 14 heavy (non-hydrogen) atoms. The molecule has 6 nitrogen and oxygen atoms in total. The Hall–Kier alpha value is -2.11. The highest BCUT2D eigenvalue weighted by molar-refractivity contribution is 5.84. The van der Waals surface area contributed by atoms with Gasteiger partial charge in [0.1, 0.15) is 0 Å². The number of anilines is 1. The molecule has 0 heterocycles. The van der Waals surface area contributed by atoms with E-state index < -0.39 is 17.7 Å². The van der Waals surface area contributed by atoms with Gasteiger partial charge in [-0.25, -0.2) is 4.79 Å². The first-order valence-corrected chi connectivity index (χ1v) is 3.79. The summed E-state index contributed by atoms with van der Waals surface area (Å²) in [4.78, 5) is 20.0. The molecule has 0 bridgehead atoms. The van der Waals surface area contributed by atoms with Crippen LogP contribution in [0.1, 0.15) is 0 Å². The molecule has 0 atom stereocenters. The van der Waals surface area contributed by atoms with Crippen LogP contribution >= 0.6 is 0 Å². The Kier molecular flexibility index (Phi) is 3.42. The second-order valence-electron chi connectivity index (χ2n) is 2.38. The number of nitrogens with zero attached hydrogens (tertiary/aromatic N) is 1. The summed E-state index contributed by atoms with van der Waals surface area (Å²) in [7, 11) is 0. The Labute approximate surface area is 79.6 Å². The number of benzene rings is 1. The van der Waals surface area contributed by atoms with Gasteiger partial charge in [-0.1, -0.05) is 18.2 Å². The van der Waals surface area contributed by atoms with Crippen LogP contribution in [0.5, 0.6) is 0 Å². The molecule has 0 spiro atoms. The summed E-state index contributed by atoms with van der Waals surface area (Å²) in [5, 5.41) is 12.2. The van der Waals surface area contributed by atoms with Gasteiger partial charge in [-0.3, -0.25) is 15.4 Å². The Morgan fingerprint density at radius 3 is 2.64 bits per heavy atom. The van der Waals surface area contributed by atoms with Crippen molar-refractivity contribution in [3.05, 3.63) is 40.4 Å². The van der Waals surface area contributed by atoms with Crippen LogP contribution < -0.4 is 5.32 Å². The van der Waals surface area contributed by atoms with Crippen molar-refractivity contribution in [2.45, 2.75) is 0 Å². The summed E-state index contributed by atoms with van der Waals surface area (Å²) >= 11 is 0. The fourth-order valence-electron chi connectivity index (χ4n) is 0.787. The lowest BCUT2D eigenvalue weighted by Crippen LogP contribution is -2.17. The zero-order valence-corrected chi connectivity index (χ0v) is 7.17. The predicted octanol–water partition coefficient (Wildman–Crippen LogP) is 1.47. The maximum Gasteiger partial charge on any atom is 0.416 e. The fraction of sp³-hybridized carbons (Fsp3) is 0.125. The van der Waals surface area contributed by atoms with Crippen molar-refractivity contribution in [1.82, 2.24) is 0 Å². The quantitative estimate of drug-likeness (QED) is 0.450. The lowest BCUT2D eigenvalue weighted by atomic mass is 10.3. The highest BCUT2D eigenvalue weighted by atomic mass is 16.7. The first-order valence-electron chi connectivity index (χ1n) is 3.79. The molecule has 0 saturated heterocycles. The third-order valence-electron chi connectivity index (χ3n) is 1.32. The molecule has 0 aliphatic carbocycles. The van der Waals surface area contributed by atoms with Crippen LogP contribution in [0.2, 0.25) is 0 Å². The fourth-order valence-corrected chi connectivity index (χ4v) is 0.787. The normalized spacial score (nSPS) is 9.14. The van der Waals surface area contributed by atoms with Crippen LogP contribution in [0.25, 0.3) is 0 Å². The summed E-state index contributed by atoms with van der Waals surface area (Å²) in [6, 6.07) is 8.53. The largest absolute Gasteiger partial charge is 0.416 e. The van der Waals surface area contributed by atoms with Gasteiger partial charge in [0.05, 0.1) is 4.92 Å². The first kappa shape index (κ1) is 9.97. The van der Waals surface area contributed by atoms with E-state index in [1.54, 1.807) is 30.3 Å². The average Bonchev–Trinajstić information content (AvgIpc) is 2.16. The minimum Gasteiger partial charge on any atom is -0.384 e. The van der Waals surface area contributed by atoms with Gasteiger partial charge >= 0.3 is 12.8 Å². The van der Waals surface area contributed by atoms with Crippen molar-refractivity contribution < 1.29 is 14.5 Å². The summed E-state index contributed by atoms with van der Waals surface area (Å²) in [6.07, 6.45) is -0.840. The number of carbonyl (C=O) groups is 1. The van der Waals surface area contributed by atoms with Crippen molar-refractivity contribution in [2.24, 2.45) is 0 Å². The van der Waals surface area contributed by atoms with Gasteiger partial charge in [0.2, 0.25) is 0 Å². The van der Waals surface area contributed by atoms with Gasteiger partial charge in [-0.05, 0) is 12.1 Å². The lowest BCUT2D eigenvalue weighted by molar-refractivity contribution is -0.517. The van der Waals surface area contributed by atoms with E-state index in [-0.39, 0.29) is 0 Å². The van der Waals surface area contributed by atoms with Crippen LogP contribution in [-0.4, -0.2) is 17.7 Å². The predicted molar refractivity (Wildman–Crippen MR) is 48.4 cm³/mol. The van der Waals surface area contributed by atoms with Gasteiger partial charge in [0.15, 0.2) is 0 Å². The number of nitro groups is 1. The maximum absolute atomic E-state index is 10.9. The molecular formula is C8H8N2O4. The maximum atomic E-state index is 10.9. The molecule has 0 radical (unpaired) electrons. The number of ether oxygens (including phenoxy) is 1. The number of rotatable bonds is 3. The Bertz CT molecular complexity index is 325. The van der Waals surface area contributed by atoms with Gasteiger partial charge in [0, 0.05) is 5.69 Å². The van der Waals surface area contributed by atoms with Crippen LogP contribution in [0, 0.1) is 10.1 Å². The molecule has 1 aromatic carbocycles. The minimum absolute atomic E-state index is 0.529. The molecule has 6 heteroatoms. The van der Waals surface area contributed by atoms with E-state index in [0.717, 1.165) is 0 Å². The highest BCUT2D eigenvalue weighted by Gasteiger charge is 2.05. The van der Waals surface area contributed by atoms with Crippen LogP contribution in [-0.2, 0) is 4.74 Å². The average molecular weight is 196 g/mol. The smallest absolute Gasteiger partial charge is 0.384 e. The number of amides is 1. The molecule has 0 aromatic heterocycles. The summed E-state index contributed by atoms with van der Waals surface area (Å²) in [5.41, 5.74) is 0.529. The van der Waals surface area contributed by atoms with Crippen molar-refractivity contribution in [3.8, 4) is 0 Å². The number of hydrogen-bond donors (Lipinski definition) is 1. The molecule has 0 aliphatic rings. The van der Waals surface area contributed by atoms with E-state index >= 15 is 0 Å². The van der Waals surface area contributed by atoms with E-state index in [1.807, 2.05) is 0 Å². The van der Waals surface area contributed by atoms with E-state index in [4.69, 9.17) is 0 Å². The number of carbonyl (C=O) groups excluding carboxylic acids is 1. The van der Waals surface area contributed by atoms with Crippen molar-refractivity contribution in [1.29, 1.82) is 0 Å². The Balaban J connectivity index is 2.38. The van der Waals surface area contributed by atoms with Gasteiger partial charge in [-0.2, -0.15) is 0 Å². The summed E-state index contributed by atoms with van der Waals surface area (Å²) in [6.45, 7) is -0.835. The van der Waals surface area contributed by atoms with Gasteiger partial charge in [-0.15, -0.1) is 0 Å². The molecule has 1 rings (SSSR count). The van der Waals surface area contributed by atoms with Crippen molar-refractivity contribution in [3.63, 3.8) is 0 Å². The molecule has 0 fully saturated rings. The first-order chi connectivity index (χ1) is 6.68. The standard InChI is InChI=1S/C8H8N2O4/c11-8(14-6-10(12)13)9-7-4-2-1-3-5-7/h1-5H,6H2,(H,9,11). The zero-order chi connectivity index (χ0) is 10.4. The third kappa shape index (κ3) is 3.53. The molecule has 0 aliphatic heterocycles. The minimum atomic E-state index is -0.840. The summed E-state index contributed by atoms with van der Waals surface area (Å²) < 4.78 is 4.26. The van der Waals surface area contributed by atoms with E-state index in [1.165, 1.54) is 0 Å². The second kappa shape index (κ2) is 4.80. The Morgan fingerprint density at radius 1 is 1.43 bits per heavy atom. The van der Waals surface area contributed by atoms with Gasteiger partial charge < -0.3 is 4.74 Å². The van der Waals surface area contributed by atoms with Crippen LogP contribution in [0.15, 0.2) is 30.3 Å². The lowest BCUT2D eigenvalue weighted by Gasteiger charge is -2.02. The Morgan fingerprint density at radius 2 is 2.07 bits per heavy atom. The molecule has 1 aromatic rings. The molecule has 0 unspecified atom stereocenters. The number of para-hydroxylation sites is 1. The second-order valence-corrected chi connectivity index (χ2v) is 2.38. The van der Waals surface area contributed by atoms with Gasteiger partial charge in [0.25, 0.3) is 0 Å². The molecular weight excluding hydrogens is 188 g/mol. The van der Waals surface area contributed by atoms with E-state index in [0.29, 0.717) is 5.69 Å².